The Bertz CT molecular complexity index is 959. The number of nitrogens with one attached hydrogen (secondary N) is 2. The number of piperidine rings is 1. The predicted octanol–water partition coefficient (Wildman–Crippen LogP) is 4.21. The molecule has 38 heavy (non-hydrogen) atoms. The minimum absolute atomic E-state index is 0.0817. The van der Waals surface area contributed by atoms with Gasteiger partial charge in [-0.15, -0.1) is 13.2 Å². The highest BCUT2D eigenvalue weighted by Crippen LogP contribution is 2.39. The van der Waals surface area contributed by atoms with Crippen LogP contribution in [0.4, 0.5) is 54.4 Å². The zero-order valence-corrected chi connectivity index (χ0v) is 18.7. The maximum Gasteiger partial charge on any atom is 0.573 e. The lowest BCUT2D eigenvalue weighted by molar-refractivity contribution is -0.275. The fourth-order valence-electron chi connectivity index (χ4n) is 3.17. The molecule has 1 spiro atoms. The van der Waals surface area contributed by atoms with Crippen LogP contribution in [0.15, 0.2) is 18.2 Å². The molecular weight excluding hydrogens is 556 g/mol. The van der Waals surface area contributed by atoms with Gasteiger partial charge in [0.25, 0.3) is 0 Å². The first-order chi connectivity index (χ1) is 17.2. The number of urea groups is 1. The smallest absolute Gasteiger partial charge is 0.475 e. The van der Waals surface area contributed by atoms with Crippen molar-refractivity contribution >= 4 is 23.7 Å². The topological polar surface area (TPSA) is 128 Å². The van der Waals surface area contributed by atoms with E-state index in [0.717, 1.165) is 38.1 Å². The second-order valence-electron chi connectivity index (χ2n) is 7.84. The van der Waals surface area contributed by atoms with Gasteiger partial charge in [-0.2, -0.15) is 26.3 Å². The lowest BCUT2D eigenvalue weighted by atomic mass is 9.72. The van der Waals surface area contributed by atoms with Crippen LogP contribution in [0.2, 0.25) is 0 Å². The van der Waals surface area contributed by atoms with E-state index < -0.39 is 42.2 Å². The standard InChI is InChI=1S/C15H17F4N3O2.2C2HF3O2/c16-11-7-10(1-2-12(11)24-15(17,18)19)21-13(23)22-8-14(9-22)3-5-20-6-4-14;2*3-2(4,5)1(6)7/h1-2,7,20H,3-6,8-9H2,(H,21,23);2*(H,6,7). The van der Waals surface area contributed by atoms with Crippen molar-refractivity contribution < 1.29 is 73.2 Å². The van der Waals surface area contributed by atoms with Crippen LogP contribution < -0.4 is 15.4 Å². The van der Waals surface area contributed by atoms with Gasteiger partial charge in [-0.1, -0.05) is 0 Å². The highest BCUT2D eigenvalue weighted by Gasteiger charge is 2.45. The first kappa shape index (κ1) is 32.5. The quantitative estimate of drug-likeness (QED) is 0.389. The molecule has 0 aliphatic carbocycles. The first-order valence-corrected chi connectivity index (χ1v) is 10.1. The number of halogens is 10. The van der Waals surface area contributed by atoms with Gasteiger partial charge in [0.05, 0.1) is 0 Å². The predicted molar refractivity (Wildman–Crippen MR) is 106 cm³/mol. The van der Waals surface area contributed by atoms with Gasteiger partial charge in [0, 0.05) is 30.3 Å². The summed E-state index contributed by atoms with van der Waals surface area (Å²) >= 11 is 0. The third-order valence-corrected chi connectivity index (χ3v) is 4.90. The van der Waals surface area contributed by atoms with E-state index in [1.54, 1.807) is 4.90 Å². The SMILES string of the molecule is O=C(Nc1ccc(OC(F)(F)F)c(F)c1)N1CC2(CCNCC2)C1.O=C(O)C(F)(F)F.O=C(O)C(F)(F)F. The Morgan fingerprint density at radius 2 is 1.34 bits per heavy atom. The fraction of sp³-hybridized carbons (Fsp3) is 0.526. The van der Waals surface area contributed by atoms with Crippen molar-refractivity contribution in [3.63, 3.8) is 0 Å². The van der Waals surface area contributed by atoms with Gasteiger partial charge in [-0.3, -0.25) is 0 Å². The van der Waals surface area contributed by atoms with E-state index in [-0.39, 0.29) is 17.1 Å². The molecule has 0 aromatic heterocycles. The molecule has 4 N–H and O–H groups in total. The number of carboxylic acids is 2. The van der Waals surface area contributed by atoms with E-state index in [2.05, 4.69) is 15.4 Å². The number of likely N-dealkylation sites (tertiary alicyclic amines) is 1. The van der Waals surface area contributed by atoms with Crippen LogP contribution in [-0.4, -0.2) is 78.0 Å². The number of aliphatic carboxylic acids is 2. The summed E-state index contributed by atoms with van der Waals surface area (Å²) in [7, 11) is 0. The number of benzene rings is 1. The highest BCUT2D eigenvalue weighted by atomic mass is 19.4. The fourth-order valence-corrected chi connectivity index (χ4v) is 3.17. The number of carbonyl (C=O) groups excluding carboxylic acids is 1. The van der Waals surface area contributed by atoms with E-state index in [9.17, 15) is 48.7 Å². The Morgan fingerprint density at radius 1 is 0.895 bits per heavy atom. The number of hydrogen-bond acceptors (Lipinski definition) is 5. The zero-order valence-electron chi connectivity index (χ0n) is 18.7. The van der Waals surface area contributed by atoms with Crippen molar-refractivity contribution in [3.8, 4) is 5.75 Å². The Hall–Kier alpha value is -3.51. The molecule has 0 bridgehead atoms. The van der Waals surface area contributed by atoms with Gasteiger partial charge in [-0.25, -0.2) is 18.8 Å². The molecule has 2 amide bonds. The van der Waals surface area contributed by atoms with Crippen molar-refractivity contribution in [1.82, 2.24) is 10.2 Å². The molecule has 1 aromatic rings. The van der Waals surface area contributed by atoms with Crippen molar-refractivity contribution in [1.29, 1.82) is 0 Å². The Labute approximate surface area is 206 Å². The van der Waals surface area contributed by atoms with Crippen LogP contribution in [0, 0.1) is 11.2 Å². The van der Waals surface area contributed by atoms with E-state index >= 15 is 0 Å². The number of rotatable bonds is 2. The van der Waals surface area contributed by atoms with Crippen molar-refractivity contribution in [2.24, 2.45) is 5.41 Å². The summed E-state index contributed by atoms with van der Waals surface area (Å²) in [6.07, 6.45) is -13.1. The molecule has 2 aliphatic rings. The van der Waals surface area contributed by atoms with Gasteiger partial charge in [0.2, 0.25) is 0 Å². The van der Waals surface area contributed by atoms with Crippen LogP contribution in [0.1, 0.15) is 12.8 Å². The summed E-state index contributed by atoms with van der Waals surface area (Å²) in [6.45, 7) is 3.14. The third kappa shape index (κ3) is 10.9. The Balaban J connectivity index is 0.000000426. The van der Waals surface area contributed by atoms with Crippen LogP contribution in [-0.2, 0) is 9.59 Å². The maximum atomic E-state index is 13.6. The highest BCUT2D eigenvalue weighted by molar-refractivity contribution is 5.90. The summed E-state index contributed by atoms with van der Waals surface area (Å²) in [5.41, 5.74) is 0.247. The number of carboxylic acid groups (broad SMARTS) is 2. The third-order valence-electron chi connectivity index (χ3n) is 4.90. The molecule has 0 radical (unpaired) electrons. The number of alkyl halides is 9. The minimum atomic E-state index is -5.08. The monoisotopic (exact) mass is 575 g/mol. The van der Waals surface area contributed by atoms with Crippen LogP contribution >= 0.6 is 0 Å². The molecule has 2 fully saturated rings. The van der Waals surface area contributed by atoms with E-state index in [1.807, 2.05) is 0 Å². The molecule has 19 heteroatoms. The number of anilines is 1. The lowest BCUT2D eigenvalue weighted by Crippen LogP contribution is -2.62. The number of ether oxygens (including phenoxy) is 1. The van der Waals surface area contributed by atoms with E-state index in [1.165, 1.54) is 6.07 Å². The van der Waals surface area contributed by atoms with Gasteiger partial charge in [0.1, 0.15) is 0 Å². The normalized spacial score (nSPS) is 16.6. The van der Waals surface area contributed by atoms with E-state index in [0.29, 0.717) is 13.1 Å². The van der Waals surface area contributed by atoms with Crippen LogP contribution in [0.25, 0.3) is 0 Å². The average molecular weight is 575 g/mol. The second kappa shape index (κ2) is 12.4. The van der Waals surface area contributed by atoms with Crippen molar-refractivity contribution in [3.05, 3.63) is 24.0 Å². The molecule has 3 rings (SSSR count). The maximum absolute atomic E-state index is 13.6. The Kier molecular flexibility index (Phi) is 10.6. The summed E-state index contributed by atoms with van der Waals surface area (Å²) in [6, 6.07) is 2.42. The van der Waals surface area contributed by atoms with Gasteiger partial charge < -0.3 is 30.5 Å². The zero-order chi connectivity index (χ0) is 29.5. The molecule has 9 nitrogen and oxygen atoms in total. The summed E-state index contributed by atoms with van der Waals surface area (Å²) in [5.74, 6) is -7.64. The lowest BCUT2D eigenvalue weighted by Gasteiger charge is -2.52. The number of nitrogens with zero attached hydrogens (tertiary/aromatic N) is 1. The van der Waals surface area contributed by atoms with Crippen LogP contribution in [0.3, 0.4) is 0 Å². The van der Waals surface area contributed by atoms with Crippen molar-refractivity contribution in [2.75, 3.05) is 31.5 Å². The molecule has 2 saturated heterocycles. The molecular formula is C19H19F10N3O6. The molecule has 2 aliphatic heterocycles. The molecule has 2 heterocycles. The average Bonchev–Trinajstić information content (AvgIpc) is 2.73. The molecule has 0 saturated carbocycles. The Morgan fingerprint density at radius 3 is 1.71 bits per heavy atom. The number of amides is 2. The first-order valence-electron chi connectivity index (χ1n) is 10.1. The summed E-state index contributed by atoms with van der Waals surface area (Å²) in [5, 5.41) is 20.0. The molecule has 216 valence electrons. The largest absolute Gasteiger partial charge is 0.573 e. The molecule has 0 unspecified atom stereocenters. The van der Waals surface area contributed by atoms with Gasteiger partial charge in [0.15, 0.2) is 11.6 Å². The van der Waals surface area contributed by atoms with Crippen molar-refractivity contribution in [2.45, 2.75) is 31.6 Å². The second-order valence-corrected chi connectivity index (χ2v) is 7.84. The molecule has 0 atom stereocenters. The molecule has 1 aromatic carbocycles. The number of hydrogen-bond donors (Lipinski definition) is 4. The summed E-state index contributed by atoms with van der Waals surface area (Å²) in [4.78, 5) is 31.5. The minimum Gasteiger partial charge on any atom is -0.475 e. The van der Waals surface area contributed by atoms with E-state index in [4.69, 9.17) is 19.8 Å². The van der Waals surface area contributed by atoms with Crippen LogP contribution in [0.5, 0.6) is 5.75 Å². The number of carbonyl (C=O) groups is 3. The summed E-state index contributed by atoms with van der Waals surface area (Å²) < 4.78 is 117. The van der Waals surface area contributed by atoms with Gasteiger partial charge >= 0.3 is 36.7 Å². The van der Waals surface area contributed by atoms with Gasteiger partial charge in [-0.05, 0) is 38.1 Å².